The minimum atomic E-state index is -0.278. The van der Waals surface area contributed by atoms with Crippen molar-refractivity contribution in [2.75, 3.05) is 31.1 Å². The van der Waals surface area contributed by atoms with Gasteiger partial charge in [-0.05, 0) is 30.9 Å². The standard InChI is InChI=1S/C16H20N6O2/c1-20-10-17-19-16(20)22-8-6-21(7-9-22)15(24)12-4-5-13(11-2-3-11)18-14(12)23/h4-5,10-11H,2-3,6-9H2,1H3,(H,18,23). The van der Waals surface area contributed by atoms with E-state index in [1.165, 1.54) is 0 Å². The van der Waals surface area contributed by atoms with Crippen molar-refractivity contribution in [1.29, 1.82) is 0 Å². The Labute approximate surface area is 139 Å². The van der Waals surface area contributed by atoms with Crippen molar-refractivity contribution in [3.63, 3.8) is 0 Å². The second kappa shape index (κ2) is 5.77. The van der Waals surface area contributed by atoms with Crippen LogP contribution in [-0.2, 0) is 7.05 Å². The average Bonchev–Trinajstić information content (AvgIpc) is 3.36. The number of hydrogen-bond acceptors (Lipinski definition) is 5. The Morgan fingerprint density at radius 2 is 1.96 bits per heavy atom. The molecule has 8 nitrogen and oxygen atoms in total. The first-order chi connectivity index (χ1) is 11.6. The van der Waals surface area contributed by atoms with Gasteiger partial charge in [0.1, 0.15) is 11.9 Å². The SMILES string of the molecule is Cn1cnnc1N1CCN(C(=O)c2ccc(C3CC3)[nH]c2=O)CC1. The van der Waals surface area contributed by atoms with Crippen LogP contribution in [0.15, 0.2) is 23.3 Å². The smallest absolute Gasteiger partial charge is 0.261 e. The first-order valence-electron chi connectivity index (χ1n) is 8.25. The Kier molecular flexibility index (Phi) is 3.59. The number of piperazine rings is 1. The zero-order valence-electron chi connectivity index (χ0n) is 13.6. The minimum Gasteiger partial charge on any atom is -0.337 e. The van der Waals surface area contributed by atoms with E-state index in [1.807, 2.05) is 17.7 Å². The van der Waals surface area contributed by atoms with Gasteiger partial charge in [0, 0.05) is 38.9 Å². The highest BCUT2D eigenvalue weighted by molar-refractivity contribution is 5.94. The summed E-state index contributed by atoms with van der Waals surface area (Å²) in [6.07, 6.45) is 3.90. The van der Waals surface area contributed by atoms with E-state index in [0.717, 1.165) is 24.5 Å². The minimum absolute atomic E-state index is 0.198. The van der Waals surface area contributed by atoms with E-state index in [9.17, 15) is 9.59 Å². The number of rotatable bonds is 3. The third kappa shape index (κ3) is 2.68. The summed E-state index contributed by atoms with van der Waals surface area (Å²) in [6, 6.07) is 3.55. The number of nitrogens with one attached hydrogen (secondary N) is 1. The van der Waals surface area contributed by atoms with Crippen molar-refractivity contribution in [3.8, 4) is 0 Å². The van der Waals surface area contributed by atoms with Crippen LogP contribution >= 0.6 is 0 Å². The summed E-state index contributed by atoms with van der Waals surface area (Å²) in [7, 11) is 1.90. The molecule has 0 unspecified atom stereocenters. The molecule has 0 atom stereocenters. The number of aromatic amines is 1. The van der Waals surface area contributed by atoms with Crippen LogP contribution in [0.2, 0.25) is 0 Å². The number of carbonyl (C=O) groups excluding carboxylic acids is 1. The molecule has 1 aliphatic heterocycles. The maximum atomic E-state index is 12.6. The lowest BCUT2D eigenvalue weighted by molar-refractivity contribution is 0.0744. The molecule has 0 radical (unpaired) electrons. The van der Waals surface area contributed by atoms with Crippen LogP contribution in [-0.4, -0.2) is 56.7 Å². The molecule has 2 fully saturated rings. The van der Waals surface area contributed by atoms with Crippen LogP contribution in [0.25, 0.3) is 0 Å². The first kappa shape index (κ1) is 14.9. The molecule has 0 aromatic carbocycles. The van der Waals surface area contributed by atoms with E-state index in [1.54, 1.807) is 17.3 Å². The normalized spacial score (nSPS) is 18.0. The fraction of sp³-hybridized carbons (Fsp3) is 0.500. The number of amides is 1. The maximum Gasteiger partial charge on any atom is 0.261 e. The lowest BCUT2D eigenvalue weighted by Crippen LogP contribution is -2.50. The van der Waals surface area contributed by atoms with Gasteiger partial charge < -0.3 is 19.4 Å². The van der Waals surface area contributed by atoms with E-state index in [4.69, 9.17) is 0 Å². The van der Waals surface area contributed by atoms with Crippen molar-refractivity contribution >= 4 is 11.9 Å². The summed E-state index contributed by atoms with van der Waals surface area (Å²) in [6.45, 7) is 2.48. The van der Waals surface area contributed by atoms with Gasteiger partial charge in [-0.3, -0.25) is 9.59 Å². The van der Waals surface area contributed by atoms with Crippen molar-refractivity contribution in [2.24, 2.45) is 7.05 Å². The van der Waals surface area contributed by atoms with Crippen LogP contribution in [0.3, 0.4) is 0 Å². The number of pyridine rings is 1. The number of aromatic nitrogens is 4. The van der Waals surface area contributed by atoms with Gasteiger partial charge in [-0.1, -0.05) is 0 Å². The molecule has 126 valence electrons. The van der Waals surface area contributed by atoms with Crippen molar-refractivity contribution < 1.29 is 4.79 Å². The molecule has 2 aromatic heterocycles. The van der Waals surface area contributed by atoms with Gasteiger partial charge in [0.2, 0.25) is 5.95 Å². The predicted molar refractivity (Wildman–Crippen MR) is 88.2 cm³/mol. The highest BCUT2D eigenvalue weighted by Gasteiger charge is 2.28. The fourth-order valence-corrected chi connectivity index (χ4v) is 3.13. The van der Waals surface area contributed by atoms with Crippen molar-refractivity contribution in [2.45, 2.75) is 18.8 Å². The van der Waals surface area contributed by atoms with E-state index in [-0.39, 0.29) is 17.0 Å². The maximum absolute atomic E-state index is 12.6. The predicted octanol–water partition coefficient (Wildman–Crippen LogP) is 0.343. The van der Waals surface area contributed by atoms with E-state index < -0.39 is 0 Å². The number of carbonyl (C=O) groups is 1. The quantitative estimate of drug-likeness (QED) is 0.878. The molecule has 2 aliphatic rings. The van der Waals surface area contributed by atoms with Crippen LogP contribution in [0.1, 0.15) is 34.8 Å². The van der Waals surface area contributed by atoms with Gasteiger partial charge in [-0.25, -0.2) is 0 Å². The molecule has 1 saturated heterocycles. The lowest BCUT2D eigenvalue weighted by atomic mass is 10.1. The number of nitrogens with zero attached hydrogens (tertiary/aromatic N) is 5. The molecule has 1 N–H and O–H groups in total. The Balaban J connectivity index is 1.44. The van der Waals surface area contributed by atoms with E-state index in [0.29, 0.717) is 32.1 Å². The number of anilines is 1. The Morgan fingerprint density at radius 3 is 2.54 bits per heavy atom. The third-order valence-electron chi connectivity index (χ3n) is 4.72. The summed E-state index contributed by atoms with van der Waals surface area (Å²) in [5.41, 5.74) is 0.898. The van der Waals surface area contributed by atoms with Gasteiger partial charge in [0.05, 0.1) is 0 Å². The van der Waals surface area contributed by atoms with Crippen molar-refractivity contribution in [3.05, 3.63) is 40.1 Å². The van der Waals surface area contributed by atoms with Crippen LogP contribution in [0, 0.1) is 0 Å². The molecule has 1 amide bonds. The zero-order valence-corrected chi connectivity index (χ0v) is 13.6. The van der Waals surface area contributed by atoms with Crippen LogP contribution < -0.4 is 10.5 Å². The van der Waals surface area contributed by atoms with Crippen LogP contribution in [0.5, 0.6) is 0 Å². The van der Waals surface area contributed by atoms with Gasteiger partial charge in [0.15, 0.2) is 0 Å². The molecular formula is C16H20N6O2. The van der Waals surface area contributed by atoms with E-state index >= 15 is 0 Å². The second-order valence-corrected chi connectivity index (χ2v) is 6.45. The highest BCUT2D eigenvalue weighted by Crippen LogP contribution is 2.38. The highest BCUT2D eigenvalue weighted by atomic mass is 16.2. The topological polar surface area (TPSA) is 87.1 Å². The third-order valence-corrected chi connectivity index (χ3v) is 4.72. The molecular weight excluding hydrogens is 308 g/mol. The number of H-pyrrole nitrogens is 1. The van der Waals surface area contributed by atoms with Crippen LogP contribution in [0.4, 0.5) is 5.95 Å². The molecule has 0 bridgehead atoms. The lowest BCUT2D eigenvalue weighted by Gasteiger charge is -2.34. The molecule has 1 saturated carbocycles. The summed E-state index contributed by atoms with van der Waals surface area (Å²) >= 11 is 0. The van der Waals surface area contributed by atoms with Gasteiger partial charge in [-0.2, -0.15) is 0 Å². The Hall–Kier alpha value is -2.64. The molecule has 0 spiro atoms. The molecule has 2 aromatic rings. The largest absolute Gasteiger partial charge is 0.337 e. The summed E-state index contributed by atoms with van der Waals surface area (Å²) in [5, 5.41) is 7.98. The van der Waals surface area contributed by atoms with Gasteiger partial charge in [0.25, 0.3) is 11.5 Å². The zero-order chi connectivity index (χ0) is 16.7. The van der Waals surface area contributed by atoms with E-state index in [2.05, 4.69) is 20.1 Å². The molecule has 1 aliphatic carbocycles. The monoisotopic (exact) mass is 328 g/mol. The molecule has 3 heterocycles. The molecule has 4 rings (SSSR count). The number of aryl methyl sites for hydroxylation is 1. The molecule has 24 heavy (non-hydrogen) atoms. The Morgan fingerprint density at radius 1 is 1.21 bits per heavy atom. The van der Waals surface area contributed by atoms with Gasteiger partial charge in [-0.15, -0.1) is 10.2 Å². The fourth-order valence-electron chi connectivity index (χ4n) is 3.13. The second-order valence-electron chi connectivity index (χ2n) is 6.45. The number of hydrogen-bond donors (Lipinski definition) is 1. The summed E-state index contributed by atoms with van der Waals surface area (Å²) in [5.74, 6) is 1.07. The van der Waals surface area contributed by atoms with Crippen molar-refractivity contribution in [1.82, 2.24) is 24.6 Å². The summed E-state index contributed by atoms with van der Waals surface area (Å²) < 4.78 is 1.86. The van der Waals surface area contributed by atoms with Gasteiger partial charge >= 0.3 is 0 Å². The average molecular weight is 328 g/mol. The molecule has 8 heteroatoms. The summed E-state index contributed by atoms with van der Waals surface area (Å²) in [4.78, 5) is 31.5. The first-order valence-corrected chi connectivity index (χ1v) is 8.25. The Bertz CT molecular complexity index is 814.